The first-order valence-electron chi connectivity index (χ1n) is 8.40. The molecule has 2 aliphatic carbocycles. The summed E-state index contributed by atoms with van der Waals surface area (Å²) in [6.45, 7) is 0. The second-order valence-electron chi connectivity index (χ2n) is 6.61. The van der Waals surface area contributed by atoms with E-state index in [-0.39, 0.29) is 0 Å². The highest BCUT2D eigenvalue weighted by Gasteiger charge is 2.52. The van der Waals surface area contributed by atoms with E-state index in [4.69, 9.17) is 14.5 Å². The van der Waals surface area contributed by atoms with E-state index in [2.05, 4.69) is 0 Å². The summed E-state index contributed by atoms with van der Waals surface area (Å²) in [5.41, 5.74) is 0.764. The van der Waals surface area contributed by atoms with E-state index >= 15 is 0 Å². The van der Waals surface area contributed by atoms with E-state index < -0.39 is 17.4 Å². The molecule has 5 nitrogen and oxygen atoms in total. The van der Waals surface area contributed by atoms with Crippen molar-refractivity contribution < 1.29 is 19.1 Å². The Morgan fingerprint density at radius 2 is 1.71 bits per heavy atom. The van der Waals surface area contributed by atoms with Crippen molar-refractivity contribution >= 4 is 23.3 Å². The molecule has 24 heavy (non-hydrogen) atoms. The number of carbonyl (C=O) groups is 2. The number of methoxy groups -OCH3 is 2. The predicted molar refractivity (Wildman–Crippen MR) is 90.6 cm³/mol. The third-order valence-corrected chi connectivity index (χ3v) is 5.92. The van der Waals surface area contributed by atoms with Crippen molar-refractivity contribution in [2.24, 2.45) is 10.4 Å². The molecule has 1 fully saturated rings. The molecule has 0 amide bonds. The Morgan fingerprint density at radius 1 is 1.08 bits per heavy atom. The molecule has 1 aromatic heterocycles. The molecule has 0 saturated heterocycles. The van der Waals surface area contributed by atoms with Crippen LogP contribution in [0.2, 0.25) is 0 Å². The molecule has 1 heterocycles. The van der Waals surface area contributed by atoms with Gasteiger partial charge in [-0.2, -0.15) is 0 Å². The average Bonchev–Trinajstić information content (AvgIpc) is 3.01. The van der Waals surface area contributed by atoms with Crippen LogP contribution in [0.5, 0.6) is 0 Å². The number of hydrogen-bond acceptors (Lipinski definition) is 6. The molecule has 1 saturated carbocycles. The normalized spacial score (nSPS) is 20.5. The third-order valence-electron chi connectivity index (χ3n) is 5.05. The lowest BCUT2D eigenvalue weighted by molar-refractivity contribution is -0.168. The van der Waals surface area contributed by atoms with Gasteiger partial charge in [0.2, 0.25) is 0 Å². The molecule has 130 valence electrons. The largest absolute Gasteiger partial charge is 0.468 e. The molecule has 0 N–H and O–H groups in total. The number of fused-ring (bicyclic) bond motifs is 1. The van der Waals surface area contributed by atoms with Crippen LogP contribution < -0.4 is 4.67 Å². The topological polar surface area (TPSA) is 65.0 Å². The van der Waals surface area contributed by atoms with Gasteiger partial charge in [0.05, 0.1) is 20.3 Å². The lowest BCUT2D eigenvalue weighted by Crippen LogP contribution is -2.42. The van der Waals surface area contributed by atoms with Gasteiger partial charge in [-0.05, 0) is 41.8 Å². The Hall–Kier alpha value is -1.69. The van der Waals surface area contributed by atoms with Crippen LogP contribution in [0.4, 0.5) is 0 Å². The molecule has 0 aromatic carbocycles. The molecule has 0 aliphatic heterocycles. The quantitative estimate of drug-likeness (QED) is 0.621. The summed E-state index contributed by atoms with van der Waals surface area (Å²) in [7, 11) is 2.62. The number of hydrogen-bond donors (Lipinski definition) is 0. The highest BCUT2D eigenvalue weighted by atomic mass is 32.1. The van der Waals surface area contributed by atoms with Crippen LogP contribution in [0, 0.1) is 5.41 Å². The Bertz CT molecular complexity index is 687. The maximum Gasteiger partial charge on any atom is 0.323 e. The second kappa shape index (κ2) is 7.05. The Labute approximate surface area is 145 Å². The molecular formula is C18H23NO4S. The van der Waals surface area contributed by atoms with Gasteiger partial charge in [-0.25, -0.2) is 0 Å². The van der Waals surface area contributed by atoms with Crippen molar-refractivity contribution in [1.29, 1.82) is 0 Å². The van der Waals surface area contributed by atoms with Gasteiger partial charge in [0.1, 0.15) is 4.67 Å². The Morgan fingerprint density at radius 3 is 2.33 bits per heavy atom. The Balaban J connectivity index is 1.90. The minimum atomic E-state index is -1.25. The van der Waals surface area contributed by atoms with Crippen LogP contribution in [0.15, 0.2) is 16.4 Å². The SMILES string of the molecule is COC(=O)C1(C(=O)OC)Cc2csc(=NC3CCCCC3)cc2C1. The average molecular weight is 349 g/mol. The van der Waals surface area contributed by atoms with E-state index in [0.717, 1.165) is 28.6 Å². The highest BCUT2D eigenvalue weighted by molar-refractivity contribution is 7.07. The van der Waals surface area contributed by atoms with E-state index in [1.54, 1.807) is 11.3 Å². The van der Waals surface area contributed by atoms with Gasteiger partial charge in [0.15, 0.2) is 5.41 Å². The molecule has 0 radical (unpaired) electrons. The lowest BCUT2D eigenvalue weighted by atomic mass is 9.85. The lowest BCUT2D eigenvalue weighted by Gasteiger charge is -2.22. The fourth-order valence-electron chi connectivity index (χ4n) is 3.74. The number of ether oxygens (including phenoxy) is 2. The van der Waals surface area contributed by atoms with Gasteiger partial charge >= 0.3 is 11.9 Å². The first kappa shape index (κ1) is 17.1. The summed E-state index contributed by atoms with van der Waals surface area (Å²) in [6, 6.07) is 2.43. The van der Waals surface area contributed by atoms with Crippen molar-refractivity contribution in [3.63, 3.8) is 0 Å². The van der Waals surface area contributed by atoms with Crippen LogP contribution in [0.25, 0.3) is 0 Å². The smallest absolute Gasteiger partial charge is 0.323 e. The van der Waals surface area contributed by atoms with E-state index in [0.29, 0.717) is 18.9 Å². The number of carbonyl (C=O) groups excluding carboxylic acids is 2. The standard InChI is InChI=1S/C18H23NO4S/c1-22-16(20)18(17(21)23-2)9-12-8-15(24-11-13(12)10-18)19-14-6-4-3-5-7-14/h8,11,14H,3-7,9-10H2,1-2H3. The summed E-state index contributed by atoms with van der Waals surface area (Å²) >= 11 is 1.58. The van der Waals surface area contributed by atoms with Crippen LogP contribution >= 0.6 is 11.3 Å². The number of nitrogens with zero attached hydrogens (tertiary/aromatic N) is 1. The zero-order valence-corrected chi connectivity index (χ0v) is 15.0. The summed E-state index contributed by atoms with van der Waals surface area (Å²) in [5.74, 6) is -1.05. The molecule has 0 unspecified atom stereocenters. The molecule has 2 aliphatic rings. The minimum absolute atomic E-state index is 0.322. The van der Waals surface area contributed by atoms with E-state index in [1.165, 1.54) is 33.5 Å². The fraction of sp³-hybridized carbons (Fsp3) is 0.611. The van der Waals surface area contributed by atoms with Crippen LogP contribution in [-0.4, -0.2) is 32.2 Å². The van der Waals surface area contributed by atoms with Gasteiger partial charge in [-0.1, -0.05) is 19.3 Å². The molecule has 0 bridgehead atoms. The monoisotopic (exact) mass is 349 g/mol. The zero-order chi connectivity index (χ0) is 17.2. The van der Waals surface area contributed by atoms with Gasteiger partial charge in [-0.15, -0.1) is 11.3 Å². The van der Waals surface area contributed by atoms with Gasteiger partial charge < -0.3 is 9.47 Å². The van der Waals surface area contributed by atoms with Crippen LogP contribution in [0.1, 0.15) is 43.2 Å². The van der Waals surface area contributed by atoms with Crippen molar-refractivity contribution in [3.05, 3.63) is 27.2 Å². The number of rotatable bonds is 3. The van der Waals surface area contributed by atoms with Gasteiger partial charge in [0.25, 0.3) is 0 Å². The first-order valence-corrected chi connectivity index (χ1v) is 9.28. The third kappa shape index (κ3) is 3.11. The van der Waals surface area contributed by atoms with Crippen molar-refractivity contribution in [1.82, 2.24) is 0 Å². The van der Waals surface area contributed by atoms with Crippen molar-refractivity contribution in [2.45, 2.75) is 51.0 Å². The Kier molecular flexibility index (Phi) is 5.04. The molecular weight excluding hydrogens is 326 g/mol. The van der Waals surface area contributed by atoms with Gasteiger partial charge in [-0.3, -0.25) is 14.6 Å². The second-order valence-corrected chi connectivity index (χ2v) is 7.50. The minimum Gasteiger partial charge on any atom is -0.468 e. The molecule has 6 heteroatoms. The summed E-state index contributed by atoms with van der Waals surface area (Å²) in [5, 5.41) is 2.02. The summed E-state index contributed by atoms with van der Waals surface area (Å²) in [6.07, 6.45) is 6.76. The molecule has 1 aromatic rings. The molecule has 0 atom stereocenters. The van der Waals surface area contributed by atoms with Crippen LogP contribution in [0.3, 0.4) is 0 Å². The molecule has 0 spiro atoms. The summed E-state index contributed by atoms with van der Waals surface area (Å²) < 4.78 is 10.7. The first-order chi connectivity index (χ1) is 11.6. The fourth-order valence-corrected chi connectivity index (χ4v) is 4.65. The number of esters is 2. The molecule has 3 rings (SSSR count). The maximum absolute atomic E-state index is 12.3. The predicted octanol–water partition coefficient (Wildman–Crippen LogP) is 2.41. The van der Waals surface area contributed by atoms with E-state index in [9.17, 15) is 9.59 Å². The van der Waals surface area contributed by atoms with Crippen molar-refractivity contribution in [2.75, 3.05) is 14.2 Å². The zero-order valence-electron chi connectivity index (χ0n) is 14.2. The highest BCUT2D eigenvalue weighted by Crippen LogP contribution is 2.39. The maximum atomic E-state index is 12.3. The van der Waals surface area contributed by atoms with E-state index in [1.807, 2.05) is 11.4 Å². The van der Waals surface area contributed by atoms with Gasteiger partial charge in [0, 0.05) is 6.42 Å². The van der Waals surface area contributed by atoms with Crippen LogP contribution in [-0.2, 0) is 31.9 Å². The summed E-state index contributed by atoms with van der Waals surface area (Å²) in [4.78, 5) is 29.4. The van der Waals surface area contributed by atoms with Crippen molar-refractivity contribution in [3.8, 4) is 0 Å².